The number of hydrogen-bond acceptors (Lipinski definition) is 4. The van der Waals surface area contributed by atoms with Gasteiger partial charge < -0.3 is 5.32 Å². The lowest BCUT2D eigenvalue weighted by Gasteiger charge is -2.31. The van der Waals surface area contributed by atoms with Crippen molar-refractivity contribution in [2.75, 3.05) is 13.6 Å². The highest BCUT2D eigenvalue weighted by Gasteiger charge is 2.35. The Morgan fingerprint density at radius 2 is 2.12 bits per heavy atom. The molecule has 1 N–H and O–H groups in total. The predicted molar refractivity (Wildman–Crippen MR) is 109 cm³/mol. The van der Waals surface area contributed by atoms with Crippen LogP contribution in [0.1, 0.15) is 45.4 Å². The van der Waals surface area contributed by atoms with Crippen molar-refractivity contribution in [3.63, 3.8) is 0 Å². The van der Waals surface area contributed by atoms with E-state index in [1.807, 2.05) is 12.1 Å². The maximum atomic E-state index is 12.6. The molecule has 2 rings (SSSR count). The average Bonchev–Trinajstić information content (AvgIpc) is 2.62. The Hall–Kier alpha value is -1.53. The minimum absolute atomic E-state index is 0.0476. The Morgan fingerprint density at radius 1 is 1.35 bits per heavy atom. The molecule has 1 fully saturated rings. The molecule has 26 heavy (non-hydrogen) atoms. The fraction of sp³-hybridized carbons (Fsp3) is 0.526. The van der Waals surface area contributed by atoms with Crippen LogP contribution in [0.2, 0.25) is 5.02 Å². The molecular weight excluding hydrogens is 370 g/mol. The number of amides is 2. The molecule has 0 aliphatic carbocycles. The number of nitrogens with one attached hydrogen (secondary N) is 1. The van der Waals surface area contributed by atoms with E-state index >= 15 is 0 Å². The maximum absolute atomic E-state index is 12.6. The number of nitrogens with zero attached hydrogens (tertiary/aromatic N) is 2. The zero-order valence-electron chi connectivity index (χ0n) is 15.3. The van der Waals surface area contributed by atoms with Crippen molar-refractivity contribution in [3.05, 3.63) is 29.3 Å². The van der Waals surface area contributed by atoms with E-state index in [2.05, 4.69) is 17.2 Å². The van der Waals surface area contributed by atoms with E-state index in [1.54, 1.807) is 24.1 Å². The summed E-state index contributed by atoms with van der Waals surface area (Å²) in [6.07, 6.45) is 5.80. The molecule has 2 amide bonds. The summed E-state index contributed by atoms with van der Waals surface area (Å²) >= 11 is 7.39. The average molecular weight is 396 g/mol. The van der Waals surface area contributed by atoms with E-state index in [1.165, 1.54) is 31.0 Å². The molecule has 1 aromatic rings. The van der Waals surface area contributed by atoms with E-state index in [-0.39, 0.29) is 18.2 Å². The highest BCUT2D eigenvalue weighted by atomic mass is 35.5. The highest BCUT2D eigenvalue weighted by molar-refractivity contribution is 8.15. The van der Waals surface area contributed by atoms with Gasteiger partial charge in [-0.05, 0) is 24.6 Å². The number of unbranched alkanes of at least 4 members (excludes halogenated alkanes) is 4. The molecule has 1 aliphatic rings. The molecule has 0 radical (unpaired) electrons. The Kier molecular flexibility index (Phi) is 8.45. The van der Waals surface area contributed by atoms with Crippen LogP contribution in [0, 0.1) is 0 Å². The second kappa shape index (κ2) is 10.6. The lowest BCUT2D eigenvalue weighted by molar-refractivity contribution is -0.130. The monoisotopic (exact) mass is 395 g/mol. The number of halogens is 1. The molecule has 1 aliphatic heterocycles. The number of thioether (sulfide) groups is 1. The molecule has 0 spiro atoms. The molecular formula is C19H26ClN3O2S. The van der Waals surface area contributed by atoms with Crippen LogP contribution in [-0.2, 0) is 9.59 Å². The molecule has 5 nitrogen and oxygen atoms in total. The first-order valence-electron chi connectivity index (χ1n) is 9.08. The summed E-state index contributed by atoms with van der Waals surface area (Å²) < 4.78 is 0. The Morgan fingerprint density at radius 3 is 2.81 bits per heavy atom. The van der Waals surface area contributed by atoms with Crippen LogP contribution in [0.5, 0.6) is 0 Å². The molecule has 0 saturated carbocycles. The number of benzene rings is 1. The van der Waals surface area contributed by atoms with Crippen LogP contribution in [0.15, 0.2) is 29.3 Å². The number of carbonyl (C=O) groups is 2. The minimum Gasteiger partial charge on any atom is -0.358 e. The van der Waals surface area contributed by atoms with Gasteiger partial charge in [-0.1, -0.05) is 62.0 Å². The fourth-order valence-electron chi connectivity index (χ4n) is 2.75. The Balaban J connectivity index is 2.16. The van der Waals surface area contributed by atoms with Crippen molar-refractivity contribution in [3.8, 4) is 0 Å². The fourth-order valence-corrected chi connectivity index (χ4v) is 4.12. The number of hydrogen-bond donors (Lipinski definition) is 1. The third kappa shape index (κ3) is 6.02. The second-order valence-corrected chi connectivity index (χ2v) is 7.87. The first-order chi connectivity index (χ1) is 12.5. The van der Waals surface area contributed by atoms with Crippen LogP contribution in [-0.4, -0.2) is 40.7 Å². The molecule has 0 aromatic heterocycles. The van der Waals surface area contributed by atoms with Gasteiger partial charge in [-0.3, -0.25) is 14.5 Å². The lowest BCUT2D eigenvalue weighted by Crippen LogP contribution is -2.46. The van der Waals surface area contributed by atoms with Crippen molar-refractivity contribution in [2.24, 2.45) is 4.99 Å². The van der Waals surface area contributed by atoms with Gasteiger partial charge in [0.2, 0.25) is 11.8 Å². The van der Waals surface area contributed by atoms with Gasteiger partial charge in [0.05, 0.1) is 10.9 Å². The highest BCUT2D eigenvalue weighted by Crippen LogP contribution is 2.30. The SMILES string of the molecule is CCCCCCCN1C(=O)C[C@H](C(=O)NC)SC1=Nc1cccc(Cl)c1. The quantitative estimate of drug-likeness (QED) is 0.664. The van der Waals surface area contributed by atoms with Crippen LogP contribution in [0.25, 0.3) is 0 Å². The van der Waals surface area contributed by atoms with E-state index in [4.69, 9.17) is 11.6 Å². The predicted octanol–water partition coefficient (Wildman–Crippen LogP) is 4.38. The van der Waals surface area contributed by atoms with Gasteiger partial charge in [-0.2, -0.15) is 0 Å². The molecule has 1 saturated heterocycles. The first kappa shape index (κ1) is 20.8. The molecule has 1 atom stereocenters. The molecule has 0 bridgehead atoms. The number of amidine groups is 1. The second-order valence-electron chi connectivity index (χ2n) is 6.26. The molecule has 142 valence electrons. The summed E-state index contributed by atoms with van der Waals surface area (Å²) in [7, 11) is 1.58. The van der Waals surface area contributed by atoms with Gasteiger partial charge in [-0.15, -0.1) is 0 Å². The summed E-state index contributed by atoms with van der Waals surface area (Å²) in [5, 5.41) is 3.35. The van der Waals surface area contributed by atoms with Crippen molar-refractivity contribution in [2.45, 2.75) is 50.7 Å². The van der Waals surface area contributed by atoms with Crippen LogP contribution >= 0.6 is 23.4 Å². The molecule has 7 heteroatoms. The Bertz CT molecular complexity index is 666. The number of rotatable bonds is 8. The molecule has 1 heterocycles. The van der Waals surface area contributed by atoms with Crippen molar-refractivity contribution < 1.29 is 9.59 Å². The van der Waals surface area contributed by atoms with Crippen molar-refractivity contribution in [1.29, 1.82) is 0 Å². The van der Waals surface area contributed by atoms with Gasteiger partial charge in [0.1, 0.15) is 0 Å². The van der Waals surface area contributed by atoms with E-state index in [9.17, 15) is 9.59 Å². The number of carbonyl (C=O) groups excluding carboxylic acids is 2. The van der Waals surface area contributed by atoms with E-state index in [0.717, 1.165) is 12.8 Å². The summed E-state index contributed by atoms with van der Waals surface area (Å²) in [5.74, 6) is -0.196. The largest absolute Gasteiger partial charge is 0.358 e. The first-order valence-corrected chi connectivity index (χ1v) is 10.3. The van der Waals surface area contributed by atoms with Crippen LogP contribution in [0.4, 0.5) is 5.69 Å². The van der Waals surface area contributed by atoms with E-state index in [0.29, 0.717) is 22.4 Å². The van der Waals surface area contributed by atoms with E-state index < -0.39 is 5.25 Å². The summed E-state index contributed by atoms with van der Waals surface area (Å²) in [5.41, 5.74) is 0.682. The minimum atomic E-state index is -0.443. The smallest absolute Gasteiger partial charge is 0.233 e. The summed E-state index contributed by atoms with van der Waals surface area (Å²) in [6, 6.07) is 7.20. The normalized spacial score (nSPS) is 19.0. The van der Waals surface area contributed by atoms with Gasteiger partial charge in [0, 0.05) is 25.0 Å². The van der Waals surface area contributed by atoms with Crippen LogP contribution < -0.4 is 5.32 Å². The zero-order valence-corrected chi connectivity index (χ0v) is 16.9. The molecule has 1 aromatic carbocycles. The lowest BCUT2D eigenvalue weighted by atomic mass is 10.1. The number of aliphatic imine (C=N–C) groups is 1. The third-order valence-corrected chi connectivity index (χ3v) is 5.62. The van der Waals surface area contributed by atoms with Crippen LogP contribution in [0.3, 0.4) is 0 Å². The standard InChI is InChI=1S/C19H26ClN3O2S/c1-3-4-5-6-7-11-23-17(24)13-16(18(25)21-2)26-19(23)22-15-10-8-9-14(20)12-15/h8-10,12,16H,3-7,11,13H2,1-2H3,(H,21,25)/t16-/m1/s1. The van der Waals surface area contributed by atoms with Gasteiger partial charge >= 0.3 is 0 Å². The Labute approximate surface area is 164 Å². The van der Waals surface area contributed by atoms with Gasteiger partial charge in [0.15, 0.2) is 5.17 Å². The van der Waals surface area contributed by atoms with Crippen molar-refractivity contribution in [1.82, 2.24) is 10.2 Å². The van der Waals surface area contributed by atoms with Gasteiger partial charge in [-0.25, -0.2) is 4.99 Å². The summed E-state index contributed by atoms with van der Waals surface area (Å²) in [4.78, 5) is 31.0. The summed E-state index contributed by atoms with van der Waals surface area (Å²) in [6.45, 7) is 2.81. The van der Waals surface area contributed by atoms with Gasteiger partial charge in [0.25, 0.3) is 0 Å². The topological polar surface area (TPSA) is 61.8 Å². The third-order valence-electron chi connectivity index (χ3n) is 4.20. The zero-order chi connectivity index (χ0) is 18.9. The molecule has 0 unspecified atom stereocenters. The van der Waals surface area contributed by atoms with Crippen molar-refractivity contribution >= 4 is 46.0 Å². The maximum Gasteiger partial charge on any atom is 0.233 e.